The third-order valence-electron chi connectivity index (χ3n) is 5.05. The van der Waals surface area contributed by atoms with Crippen LogP contribution in [0.25, 0.3) is 0 Å². The van der Waals surface area contributed by atoms with Gasteiger partial charge in [-0.1, -0.05) is 13.0 Å². The molecule has 0 aromatic carbocycles. The van der Waals surface area contributed by atoms with Crippen LogP contribution in [0.15, 0.2) is 43.1 Å². The average molecular weight is 382 g/mol. The molecule has 0 bridgehead atoms. The van der Waals surface area contributed by atoms with Crippen molar-refractivity contribution in [1.82, 2.24) is 34.8 Å². The Kier molecular flexibility index (Phi) is 4.65. The fraction of sp³-hybridized carbons (Fsp3) is 0.368. The number of thiocarbonyl (C=S) groups is 1. The summed E-state index contributed by atoms with van der Waals surface area (Å²) < 4.78 is 4.02. The maximum Gasteiger partial charge on any atom is 0.170 e. The van der Waals surface area contributed by atoms with Gasteiger partial charge in [0.25, 0.3) is 0 Å². The summed E-state index contributed by atoms with van der Waals surface area (Å²) in [4.78, 5) is 6.88. The number of hydrogen-bond acceptors (Lipinski definition) is 4. The standard InChI is InChI=1S/C19H23N7S/c1-4-9-25-18(17(23-19(25)27)16-7-5-6-8-20-16)15-10-13(2)26(14(15)3)24-11-21-22-12-24/h5-8,10-12,17-18H,4,9H2,1-3H3,(H,23,27)/t17-,18+/m0/s1. The van der Waals surface area contributed by atoms with Crippen molar-refractivity contribution in [3.8, 4) is 0 Å². The van der Waals surface area contributed by atoms with Gasteiger partial charge in [-0.15, -0.1) is 10.2 Å². The SMILES string of the molecule is CCCN1C(=S)N[C@@H](c2ccccn2)[C@H]1c1cc(C)n(-n2cnnc2)c1C. The summed E-state index contributed by atoms with van der Waals surface area (Å²) in [6.07, 6.45) is 6.28. The van der Waals surface area contributed by atoms with E-state index in [0.717, 1.165) is 35.2 Å². The van der Waals surface area contributed by atoms with Gasteiger partial charge in [-0.2, -0.15) is 0 Å². The third kappa shape index (κ3) is 2.99. The largest absolute Gasteiger partial charge is 0.352 e. The summed E-state index contributed by atoms with van der Waals surface area (Å²) in [5.74, 6) is 0. The van der Waals surface area contributed by atoms with Crippen molar-refractivity contribution >= 4 is 17.3 Å². The van der Waals surface area contributed by atoms with E-state index in [2.05, 4.69) is 63.0 Å². The third-order valence-corrected chi connectivity index (χ3v) is 5.40. The van der Waals surface area contributed by atoms with E-state index in [9.17, 15) is 0 Å². The van der Waals surface area contributed by atoms with E-state index in [4.69, 9.17) is 12.2 Å². The Balaban J connectivity index is 1.83. The number of hydrogen-bond donors (Lipinski definition) is 1. The maximum absolute atomic E-state index is 5.68. The van der Waals surface area contributed by atoms with Crippen LogP contribution in [-0.2, 0) is 0 Å². The molecule has 1 N–H and O–H groups in total. The zero-order valence-electron chi connectivity index (χ0n) is 15.7. The topological polar surface area (TPSA) is 63.8 Å². The zero-order valence-corrected chi connectivity index (χ0v) is 16.5. The van der Waals surface area contributed by atoms with Crippen molar-refractivity contribution in [3.63, 3.8) is 0 Å². The molecule has 0 radical (unpaired) electrons. The highest BCUT2D eigenvalue weighted by atomic mass is 32.1. The minimum absolute atomic E-state index is 0.0140. The first-order valence-electron chi connectivity index (χ1n) is 9.14. The Bertz CT molecular complexity index is 933. The van der Waals surface area contributed by atoms with Crippen LogP contribution in [0.3, 0.4) is 0 Å². The van der Waals surface area contributed by atoms with Gasteiger partial charge >= 0.3 is 0 Å². The van der Waals surface area contributed by atoms with Gasteiger partial charge in [-0.25, -0.2) is 4.68 Å². The first-order chi connectivity index (χ1) is 13.1. The van der Waals surface area contributed by atoms with Gasteiger partial charge in [0.2, 0.25) is 0 Å². The number of nitrogens with zero attached hydrogens (tertiary/aromatic N) is 6. The van der Waals surface area contributed by atoms with Crippen LogP contribution < -0.4 is 5.32 Å². The van der Waals surface area contributed by atoms with Gasteiger partial charge in [0.15, 0.2) is 5.11 Å². The van der Waals surface area contributed by atoms with Crippen LogP contribution in [0.5, 0.6) is 0 Å². The zero-order chi connectivity index (χ0) is 19.0. The van der Waals surface area contributed by atoms with E-state index in [1.54, 1.807) is 12.7 Å². The van der Waals surface area contributed by atoms with E-state index in [-0.39, 0.29) is 12.1 Å². The van der Waals surface area contributed by atoms with Crippen LogP contribution in [0.2, 0.25) is 0 Å². The molecule has 4 rings (SSSR count). The molecule has 7 nitrogen and oxygen atoms in total. The highest BCUT2D eigenvalue weighted by Gasteiger charge is 2.40. The second-order valence-corrected chi connectivity index (χ2v) is 7.19. The molecule has 1 aliphatic rings. The molecule has 1 saturated heterocycles. The molecule has 1 aliphatic heterocycles. The Morgan fingerprint density at radius 1 is 1.19 bits per heavy atom. The lowest BCUT2D eigenvalue weighted by Crippen LogP contribution is -2.30. The molecule has 0 aliphatic carbocycles. The minimum atomic E-state index is 0.0140. The van der Waals surface area contributed by atoms with E-state index in [1.807, 2.05) is 23.0 Å². The highest BCUT2D eigenvalue weighted by Crippen LogP contribution is 2.40. The molecule has 0 unspecified atom stereocenters. The van der Waals surface area contributed by atoms with Crippen molar-refractivity contribution in [3.05, 3.63) is 65.8 Å². The van der Waals surface area contributed by atoms with Crippen LogP contribution in [0, 0.1) is 13.8 Å². The number of aryl methyl sites for hydroxylation is 1. The lowest BCUT2D eigenvalue weighted by atomic mass is 9.96. The summed E-state index contributed by atoms with van der Waals surface area (Å²) >= 11 is 5.68. The Labute approximate surface area is 164 Å². The number of pyridine rings is 1. The van der Waals surface area contributed by atoms with Crippen molar-refractivity contribution in [2.24, 2.45) is 0 Å². The predicted molar refractivity (Wildman–Crippen MR) is 107 cm³/mol. The molecule has 27 heavy (non-hydrogen) atoms. The Morgan fingerprint density at radius 3 is 2.63 bits per heavy atom. The van der Waals surface area contributed by atoms with Crippen LogP contribution in [0.1, 0.15) is 48.1 Å². The fourth-order valence-corrected chi connectivity index (χ4v) is 4.29. The van der Waals surface area contributed by atoms with Crippen molar-refractivity contribution < 1.29 is 0 Å². The van der Waals surface area contributed by atoms with E-state index in [0.29, 0.717) is 0 Å². The lowest BCUT2D eigenvalue weighted by Gasteiger charge is -2.27. The molecule has 0 saturated carbocycles. The lowest BCUT2D eigenvalue weighted by molar-refractivity contribution is 0.316. The molecule has 4 heterocycles. The smallest absolute Gasteiger partial charge is 0.170 e. The summed E-state index contributed by atoms with van der Waals surface area (Å²) in [7, 11) is 0. The number of nitrogens with one attached hydrogen (secondary N) is 1. The Morgan fingerprint density at radius 2 is 1.96 bits per heavy atom. The summed E-state index contributed by atoms with van der Waals surface area (Å²) in [6, 6.07) is 8.35. The molecule has 140 valence electrons. The number of aromatic nitrogens is 5. The first-order valence-corrected chi connectivity index (χ1v) is 9.54. The molecular weight excluding hydrogens is 358 g/mol. The predicted octanol–water partition coefficient (Wildman–Crippen LogP) is 2.79. The van der Waals surface area contributed by atoms with Crippen LogP contribution in [-0.4, -0.2) is 41.1 Å². The molecule has 8 heteroatoms. The van der Waals surface area contributed by atoms with Gasteiger partial charge < -0.3 is 10.2 Å². The highest BCUT2D eigenvalue weighted by molar-refractivity contribution is 7.80. The van der Waals surface area contributed by atoms with Gasteiger partial charge in [-0.05, 0) is 50.7 Å². The molecule has 0 spiro atoms. The molecule has 1 fully saturated rings. The maximum atomic E-state index is 5.68. The summed E-state index contributed by atoms with van der Waals surface area (Å²) in [5, 5.41) is 12.2. The van der Waals surface area contributed by atoms with Crippen molar-refractivity contribution in [2.45, 2.75) is 39.3 Å². The van der Waals surface area contributed by atoms with Crippen LogP contribution in [0.4, 0.5) is 0 Å². The molecule has 0 amide bonds. The normalized spacial score (nSPS) is 19.5. The average Bonchev–Trinajstić information content (AvgIpc) is 3.36. The van der Waals surface area contributed by atoms with Gasteiger partial charge in [0, 0.05) is 29.7 Å². The monoisotopic (exact) mass is 381 g/mol. The summed E-state index contributed by atoms with van der Waals surface area (Å²) in [6.45, 7) is 7.30. The molecule has 3 aromatic rings. The summed E-state index contributed by atoms with van der Waals surface area (Å²) in [5.41, 5.74) is 4.50. The van der Waals surface area contributed by atoms with Crippen molar-refractivity contribution in [2.75, 3.05) is 6.54 Å². The van der Waals surface area contributed by atoms with Crippen LogP contribution >= 0.6 is 12.2 Å². The van der Waals surface area contributed by atoms with Gasteiger partial charge in [-0.3, -0.25) is 9.66 Å². The van der Waals surface area contributed by atoms with E-state index >= 15 is 0 Å². The first kappa shape index (κ1) is 17.7. The second kappa shape index (κ2) is 7.11. The molecular formula is C19H23N7S. The van der Waals surface area contributed by atoms with Gasteiger partial charge in [0.05, 0.1) is 17.8 Å². The second-order valence-electron chi connectivity index (χ2n) is 6.80. The van der Waals surface area contributed by atoms with Gasteiger partial charge in [0.1, 0.15) is 12.7 Å². The quantitative estimate of drug-likeness (QED) is 0.686. The minimum Gasteiger partial charge on any atom is -0.352 e. The fourth-order valence-electron chi connectivity index (χ4n) is 3.96. The molecule has 2 atom stereocenters. The Hall–Kier alpha value is -2.74. The van der Waals surface area contributed by atoms with E-state index < -0.39 is 0 Å². The van der Waals surface area contributed by atoms with E-state index in [1.165, 1.54) is 5.56 Å². The molecule has 3 aromatic heterocycles. The number of rotatable bonds is 5. The van der Waals surface area contributed by atoms with Crippen molar-refractivity contribution in [1.29, 1.82) is 0 Å².